The highest BCUT2D eigenvalue weighted by Crippen LogP contribution is 2.35. The van der Waals surface area contributed by atoms with Crippen LogP contribution in [0.3, 0.4) is 0 Å². The minimum atomic E-state index is -0.551. The first-order valence-electron chi connectivity index (χ1n) is 7.56. The predicted octanol–water partition coefficient (Wildman–Crippen LogP) is 4.33. The third-order valence-corrected chi connectivity index (χ3v) is 5.37. The van der Waals surface area contributed by atoms with Gasteiger partial charge < -0.3 is 0 Å². The van der Waals surface area contributed by atoms with E-state index in [9.17, 15) is 14.0 Å². The number of carbonyl (C=O) groups excluding carboxylic acids is 2. The van der Waals surface area contributed by atoms with Crippen molar-refractivity contribution in [3.05, 3.63) is 69.3 Å². The van der Waals surface area contributed by atoms with E-state index in [2.05, 4.69) is 10.9 Å². The van der Waals surface area contributed by atoms with E-state index in [1.54, 1.807) is 12.1 Å². The van der Waals surface area contributed by atoms with Crippen LogP contribution >= 0.6 is 22.9 Å². The monoisotopic (exact) mass is 376 g/mol. The Morgan fingerprint density at radius 3 is 2.44 bits per heavy atom. The summed E-state index contributed by atoms with van der Waals surface area (Å²) >= 11 is 7.25. The van der Waals surface area contributed by atoms with Crippen LogP contribution in [0, 0.1) is 5.82 Å². The summed E-state index contributed by atoms with van der Waals surface area (Å²) in [6.07, 6.45) is 0.879. The quantitative estimate of drug-likeness (QED) is 0.668. The lowest BCUT2D eigenvalue weighted by molar-refractivity contribution is 0.0849. The minimum absolute atomic E-state index is 0.212. The predicted molar refractivity (Wildman–Crippen MR) is 97.5 cm³/mol. The molecule has 7 heteroatoms. The largest absolute Gasteiger partial charge is 0.281 e. The van der Waals surface area contributed by atoms with Gasteiger partial charge in [0, 0.05) is 15.6 Å². The zero-order valence-corrected chi connectivity index (χ0v) is 14.8. The van der Waals surface area contributed by atoms with E-state index in [0.29, 0.717) is 15.6 Å². The molecule has 0 aliphatic heterocycles. The Labute approximate surface area is 152 Å². The summed E-state index contributed by atoms with van der Waals surface area (Å²) in [5.74, 6) is -1.38. The normalized spacial score (nSPS) is 10.7. The Hall–Kier alpha value is -2.44. The number of thiophene rings is 1. The van der Waals surface area contributed by atoms with E-state index < -0.39 is 17.6 Å². The van der Waals surface area contributed by atoms with Crippen LogP contribution in [0.4, 0.5) is 4.39 Å². The first-order chi connectivity index (χ1) is 12.0. The Morgan fingerprint density at radius 1 is 1.08 bits per heavy atom. The molecule has 0 radical (unpaired) electrons. The highest BCUT2D eigenvalue weighted by atomic mass is 35.5. The Bertz CT molecular complexity index is 954. The molecule has 0 spiro atoms. The van der Waals surface area contributed by atoms with Crippen LogP contribution in [-0.2, 0) is 6.42 Å². The average molecular weight is 377 g/mol. The number of benzene rings is 2. The molecule has 0 saturated carbocycles. The van der Waals surface area contributed by atoms with Crippen LogP contribution in [0.25, 0.3) is 10.1 Å². The summed E-state index contributed by atoms with van der Waals surface area (Å²) in [4.78, 5) is 24.6. The number of rotatable bonds is 3. The number of fused-ring (bicyclic) bond motifs is 1. The van der Waals surface area contributed by atoms with Gasteiger partial charge in [-0.25, -0.2) is 4.39 Å². The fourth-order valence-corrected chi connectivity index (χ4v) is 3.76. The molecule has 128 valence electrons. The van der Waals surface area contributed by atoms with Gasteiger partial charge in [0.2, 0.25) is 0 Å². The minimum Gasteiger partial charge on any atom is -0.267 e. The van der Waals surface area contributed by atoms with Gasteiger partial charge in [-0.15, -0.1) is 11.3 Å². The maximum absolute atomic E-state index is 13.3. The van der Waals surface area contributed by atoms with E-state index >= 15 is 0 Å². The molecule has 2 aromatic carbocycles. The summed E-state index contributed by atoms with van der Waals surface area (Å²) in [5.41, 5.74) is 6.24. The number of hydrogen-bond donors (Lipinski definition) is 2. The number of carbonyl (C=O) groups is 2. The third kappa shape index (κ3) is 3.65. The van der Waals surface area contributed by atoms with Crippen LogP contribution in [0.15, 0.2) is 42.5 Å². The zero-order chi connectivity index (χ0) is 18.0. The molecule has 25 heavy (non-hydrogen) atoms. The first-order valence-corrected chi connectivity index (χ1v) is 8.76. The lowest BCUT2D eigenvalue weighted by Crippen LogP contribution is -2.41. The van der Waals surface area contributed by atoms with Gasteiger partial charge in [-0.1, -0.05) is 30.7 Å². The summed E-state index contributed by atoms with van der Waals surface area (Å²) in [6.45, 7) is 2.02. The molecule has 1 aromatic heterocycles. The van der Waals surface area contributed by atoms with Gasteiger partial charge in [0.25, 0.3) is 11.8 Å². The van der Waals surface area contributed by atoms with Crippen LogP contribution in [0.5, 0.6) is 0 Å². The van der Waals surface area contributed by atoms with Crippen molar-refractivity contribution < 1.29 is 14.0 Å². The van der Waals surface area contributed by atoms with Gasteiger partial charge in [-0.05, 0) is 42.3 Å². The van der Waals surface area contributed by atoms with Crippen molar-refractivity contribution in [3.8, 4) is 0 Å². The molecule has 0 aliphatic rings. The molecule has 0 fully saturated rings. The molecule has 2 amide bonds. The molecule has 0 saturated heterocycles. The SMILES string of the molecule is CCc1ccc(C(=O)NNC(=O)c2sc3cc(F)ccc3c2Cl)cc1. The summed E-state index contributed by atoms with van der Waals surface area (Å²) < 4.78 is 13.8. The van der Waals surface area contributed by atoms with Gasteiger partial charge in [-0.2, -0.15) is 0 Å². The second kappa shape index (κ2) is 7.21. The molecule has 2 N–H and O–H groups in total. The molecular weight excluding hydrogens is 363 g/mol. The zero-order valence-electron chi connectivity index (χ0n) is 13.2. The Morgan fingerprint density at radius 2 is 1.76 bits per heavy atom. The van der Waals surface area contributed by atoms with Crippen molar-refractivity contribution in [2.75, 3.05) is 0 Å². The molecule has 0 unspecified atom stereocenters. The van der Waals surface area contributed by atoms with Crippen LogP contribution in [0.1, 0.15) is 32.5 Å². The second-order valence-electron chi connectivity index (χ2n) is 5.34. The third-order valence-electron chi connectivity index (χ3n) is 3.71. The molecule has 4 nitrogen and oxygen atoms in total. The Balaban J connectivity index is 1.71. The molecule has 0 aliphatic carbocycles. The number of hydrogen-bond acceptors (Lipinski definition) is 3. The summed E-state index contributed by atoms with van der Waals surface area (Å²) in [7, 11) is 0. The number of amides is 2. The van der Waals surface area contributed by atoms with Crippen LogP contribution in [-0.4, -0.2) is 11.8 Å². The van der Waals surface area contributed by atoms with E-state index in [1.165, 1.54) is 18.2 Å². The van der Waals surface area contributed by atoms with Gasteiger partial charge >= 0.3 is 0 Å². The molecule has 1 heterocycles. The second-order valence-corrected chi connectivity index (χ2v) is 6.77. The van der Waals surface area contributed by atoms with Crippen LogP contribution in [0.2, 0.25) is 5.02 Å². The highest BCUT2D eigenvalue weighted by Gasteiger charge is 2.18. The van der Waals surface area contributed by atoms with Gasteiger partial charge in [0.15, 0.2) is 0 Å². The fourth-order valence-electron chi connectivity index (χ4n) is 2.32. The average Bonchev–Trinajstić information content (AvgIpc) is 2.95. The van der Waals surface area contributed by atoms with E-state index in [-0.39, 0.29) is 9.90 Å². The fraction of sp³-hybridized carbons (Fsp3) is 0.111. The smallest absolute Gasteiger partial charge is 0.267 e. The van der Waals surface area contributed by atoms with Gasteiger partial charge in [-0.3, -0.25) is 20.4 Å². The highest BCUT2D eigenvalue weighted by molar-refractivity contribution is 7.21. The van der Waals surface area contributed by atoms with Gasteiger partial charge in [0.1, 0.15) is 10.7 Å². The lowest BCUT2D eigenvalue weighted by atomic mass is 10.1. The molecule has 3 aromatic rings. The lowest BCUT2D eigenvalue weighted by Gasteiger charge is -2.07. The summed E-state index contributed by atoms with van der Waals surface area (Å²) in [5, 5.41) is 0.832. The molecule has 0 bridgehead atoms. The molecule has 0 atom stereocenters. The van der Waals surface area contributed by atoms with Gasteiger partial charge in [0.05, 0.1) is 5.02 Å². The van der Waals surface area contributed by atoms with E-state index in [4.69, 9.17) is 11.6 Å². The number of hydrazine groups is 1. The standard InChI is InChI=1S/C18H14ClFN2O2S/c1-2-10-3-5-11(6-4-10)17(23)21-22-18(24)16-15(19)13-8-7-12(20)9-14(13)25-16/h3-9H,2H2,1H3,(H,21,23)(H,22,24). The van der Waals surface area contributed by atoms with Crippen molar-refractivity contribution in [3.63, 3.8) is 0 Å². The van der Waals surface area contributed by atoms with Crippen LogP contribution < -0.4 is 10.9 Å². The number of nitrogens with one attached hydrogen (secondary N) is 2. The Kier molecular flexibility index (Phi) is 5.01. The molecular formula is C18H14ClFN2O2S. The first kappa shape index (κ1) is 17.4. The number of aryl methyl sites for hydroxylation is 1. The maximum Gasteiger partial charge on any atom is 0.281 e. The van der Waals surface area contributed by atoms with Crippen molar-refractivity contribution in [2.24, 2.45) is 0 Å². The van der Waals surface area contributed by atoms with E-state index in [0.717, 1.165) is 23.3 Å². The summed E-state index contributed by atoms with van der Waals surface area (Å²) in [6, 6.07) is 11.2. The molecule has 3 rings (SSSR count). The topological polar surface area (TPSA) is 58.2 Å². The van der Waals surface area contributed by atoms with Crippen molar-refractivity contribution in [1.29, 1.82) is 0 Å². The van der Waals surface area contributed by atoms with E-state index in [1.807, 2.05) is 19.1 Å². The van der Waals surface area contributed by atoms with Crippen molar-refractivity contribution >= 4 is 44.8 Å². The van der Waals surface area contributed by atoms with Crippen molar-refractivity contribution in [1.82, 2.24) is 10.9 Å². The maximum atomic E-state index is 13.3. The van der Waals surface area contributed by atoms with Crippen molar-refractivity contribution in [2.45, 2.75) is 13.3 Å². The number of halogens is 2.